The minimum Gasteiger partial charge on any atom is -0.389 e. The van der Waals surface area contributed by atoms with Crippen molar-refractivity contribution < 1.29 is 14.6 Å². The smallest absolute Gasteiger partial charge is 0.162 e. The Kier molecular flexibility index (Phi) is 4.09. The summed E-state index contributed by atoms with van der Waals surface area (Å²) in [6, 6.07) is 0. The molecule has 1 fully saturated rings. The molecule has 128 valence electrons. The van der Waals surface area contributed by atoms with Gasteiger partial charge in [-0.1, -0.05) is 38.0 Å². The fourth-order valence-electron chi connectivity index (χ4n) is 4.62. The highest BCUT2D eigenvalue weighted by Gasteiger charge is 2.58. The Morgan fingerprint density at radius 2 is 2.00 bits per heavy atom. The number of aliphatic hydroxyl groups excluding tert-OH is 1. The highest BCUT2D eigenvalue weighted by atomic mass is 16.6. The number of aliphatic hydroxyl groups is 1. The van der Waals surface area contributed by atoms with Crippen LogP contribution in [0.15, 0.2) is 23.3 Å². The molecule has 3 nitrogen and oxygen atoms in total. The lowest BCUT2D eigenvalue weighted by molar-refractivity contribution is -0.124. The molecule has 0 saturated carbocycles. The van der Waals surface area contributed by atoms with E-state index in [4.69, 9.17) is 4.74 Å². The van der Waals surface area contributed by atoms with Gasteiger partial charge in [0.25, 0.3) is 0 Å². The molecule has 0 aromatic carbocycles. The summed E-state index contributed by atoms with van der Waals surface area (Å²) in [6.45, 7) is 10.6. The van der Waals surface area contributed by atoms with Crippen molar-refractivity contribution in [1.82, 2.24) is 0 Å². The Labute approximate surface area is 139 Å². The van der Waals surface area contributed by atoms with Crippen LogP contribution in [0.25, 0.3) is 0 Å². The number of carbonyl (C=O) groups is 1. The largest absolute Gasteiger partial charge is 0.389 e. The predicted molar refractivity (Wildman–Crippen MR) is 91.0 cm³/mol. The van der Waals surface area contributed by atoms with E-state index in [1.807, 2.05) is 12.2 Å². The molecular weight excluding hydrogens is 288 g/mol. The van der Waals surface area contributed by atoms with Crippen LogP contribution in [0.3, 0.4) is 0 Å². The van der Waals surface area contributed by atoms with Gasteiger partial charge in [0.05, 0.1) is 17.8 Å². The van der Waals surface area contributed by atoms with E-state index in [1.54, 1.807) is 0 Å². The van der Waals surface area contributed by atoms with Gasteiger partial charge < -0.3 is 9.84 Å². The van der Waals surface area contributed by atoms with Gasteiger partial charge in [0.2, 0.25) is 0 Å². The van der Waals surface area contributed by atoms with Gasteiger partial charge in [-0.2, -0.15) is 0 Å². The third-order valence-electron chi connectivity index (χ3n) is 6.26. The number of rotatable bonds is 1. The minimum absolute atomic E-state index is 0.0836. The summed E-state index contributed by atoms with van der Waals surface area (Å²) in [4.78, 5) is 12.8. The van der Waals surface area contributed by atoms with Gasteiger partial charge in [-0.05, 0) is 51.0 Å². The first-order valence-corrected chi connectivity index (χ1v) is 8.95. The van der Waals surface area contributed by atoms with Crippen LogP contribution in [0.2, 0.25) is 0 Å². The van der Waals surface area contributed by atoms with Crippen LogP contribution in [0.1, 0.15) is 60.3 Å². The number of hydrogen-bond acceptors (Lipinski definition) is 3. The molecule has 3 aliphatic rings. The van der Waals surface area contributed by atoms with E-state index in [-0.39, 0.29) is 22.9 Å². The highest BCUT2D eigenvalue weighted by Crippen LogP contribution is 2.54. The van der Waals surface area contributed by atoms with Gasteiger partial charge >= 0.3 is 0 Å². The van der Waals surface area contributed by atoms with Gasteiger partial charge in [0.1, 0.15) is 0 Å². The molecule has 0 amide bonds. The number of carbonyl (C=O) groups excluding carboxylic acids is 1. The molecule has 3 heteroatoms. The molecule has 0 aromatic rings. The second-order valence-electron chi connectivity index (χ2n) is 8.58. The van der Waals surface area contributed by atoms with Gasteiger partial charge in [-0.3, -0.25) is 4.79 Å². The van der Waals surface area contributed by atoms with E-state index in [0.29, 0.717) is 18.3 Å². The maximum absolute atomic E-state index is 12.8. The zero-order chi connectivity index (χ0) is 17.0. The fourth-order valence-corrected chi connectivity index (χ4v) is 4.62. The minimum atomic E-state index is -0.452. The monoisotopic (exact) mass is 318 g/mol. The molecule has 1 saturated heterocycles. The maximum Gasteiger partial charge on any atom is 0.162 e. The van der Waals surface area contributed by atoms with Crippen LogP contribution >= 0.6 is 0 Å². The number of fused-ring (bicyclic) bond motifs is 2. The Hall–Kier alpha value is -0.930. The van der Waals surface area contributed by atoms with Crippen molar-refractivity contribution in [2.75, 3.05) is 0 Å². The molecule has 0 radical (unpaired) electrons. The first kappa shape index (κ1) is 16.9. The Morgan fingerprint density at radius 1 is 1.30 bits per heavy atom. The lowest BCUT2D eigenvalue weighted by Crippen LogP contribution is -2.34. The van der Waals surface area contributed by atoms with Crippen LogP contribution in [-0.2, 0) is 9.53 Å². The maximum atomic E-state index is 12.8. The quantitative estimate of drug-likeness (QED) is 0.591. The van der Waals surface area contributed by atoms with Crippen LogP contribution < -0.4 is 0 Å². The van der Waals surface area contributed by atoms with Crippen molar-refractivity contribution in [3.8, 4) is 0 Å². The van der Waals surface area contributed by atoms with Gasteiger partial charge in [-0.15, -0.1) is 0 Å². The van der Waals surface area contributed by atoms with Gasteiger partial charge in [0, 0.05) is 11.8 Å². The molecule has 1 heterocycles. The topological polar surface area (TPSA) is 49.8 Å². The van der Waals surface area contributed by atoms with Crippen molar-refractivity contribution in [2.24, 2.45) is 17.3 Å². The lowest BCUT2D eigenvalue weighted by atomic mass is 9.68. The Morgan fingerprint density at radius 3 is 2.65 bits per heavy atom. The zero-order valence-corrected chi connectivity index (χ0v) is 15.1. The average molecular weight is 318 g/mol. The molecule has 0 bridgehead atoms. The number of ether oxygens (including phenoxy) is 1. The number of allylic oxidation sites excluding steroid dienone is 3. The third-order valence-corrected chi connectivity index (χ3v) is 6.26. The fraction of sp³-hybridized carbons (Fsp3) is 0.750. The van der Waals surface area contributed by atoms with Crippen molar-refractivity contribution in [3.05, 3.63) is 23.3 Å². The summed E-state index contributed by atoms with van der Waals surface area (Å²) < 4.78 is 5.94. The van der Waals surface area contributed by atoms with E-state index >= 15 is 0 Å². The molecule has 23 heavy (non-hydrogen) atoms. The van der Waals surface area contributed by atoms with Crippen LogP contribution in [-0.4, -0.2) is 28.7 Å². The molecule has 0 unspecified atom stereocenters. The summed E-state index contributed by atoms with van der Waals surface area (Å²) in [5.41, 5.74) is 1.88. The van der Waals surface area contributed by atoms with Gasteiger partial charge in [0.15, 0.2) is 5.78 Å². The first-order chi connectivity index (χ1) is 10.7. The van der Waals surface area contributed by atoms with Crippen LogP contribution in [0.5, 0.6) is 0 Å². The number of epoxide rings is 1. The summed E-state index contributed by atoms with van der Waals surface area (Å²) >= 11 is 0. The normalized spacial score (nSPS) is 46.4. The van der Waals surface area contributed by atoms with Crippen molar-refractivity contribution in [2.45, 2.75) is 78.1 Å². The Balaban J connectivity index is 1.94. The summed E-state index contributed by atoms with van der Waals surface area (Å²) in [6.07, 6.45) is 6.82. The molecule has 3 rings (SSSR count). The first-order valence-electron chi connectivity index (χ1n) is 8.95. The van der Waals surface area contributed by atoms with E-state index in [9.17, 15) is 9.90 Å². The molecule has 2 aliphatic carbocycles. The van der Waals surface area contributed by atoms with Crippen LogP contribution in [0, 0.1) is 17.3 Å². The molecule has 1 N–H and O–H groups in total. The Bertz CT molecular complexity index is 573. The zero-order valence-electron chi connectivity index (χ0n) is 15.1. The SMILES string of the molecule is C/C1=C\[C@H](O)C[C@]2(C)O[C@@H]2C[C@@]2(C)C(=O)C=C(C(C)C)[C@@H]2CC1. The molecular formula is C20H30O3. The van der Waals surface area contributed by atoms with Gasteiger partial charge in [-0.25, -0.2) is 0 Å². The highest BCUT2D eigenvalue weighted by molar-refractivity contribution is 5.98. The van der Waals surface area contributed by atoms with E-state index in [0.717, 1.165) is 19.3 Å². The standard InChI is InChI=1S/C20H30O3/c1-12(2)15-9-17(22)19(4)11-18-20(5,23-18)10-14(21)8-13(3)6-7-16(15)19/h8-9,12,14,16,18,21H,6-7,10-11H2,1-5H3/b13-8+/t14-,16-,18+,19+,20-/m0/s1. The van der Waals surface area contributed by atoms with Crippen molar-refractivity contribution in [1.29, 1.82) is 0 Å². The van der Waals surface area contributed by atoms with Crippen molar-refractivity contribution in [3.63, 3.8) is 0 Å². The lowest BCUT2D eigenvalue weighted by Gasteiger charge is -2.33. The molecule has 0 aromatic heterocycles. The van der Waals surface area contributed by atoms with Crippen LogP contribution in [0.4, 0.5) is 0 Å². The second kappa shape index (κ2) is 5.56. The third kappa shape index (κ3) is 2.94. The summed E-state index contributed by atoms with van der Waals surface area (Å²) in [5.74, 6) is 0.963. The van der Waals surface area contributed by atoms with E-state index < -0.39 is 6.10 Å². The molecule has 0 spiro atoms. The van der Waals surface area contributed by atoms with Crippen molar-refractivity contribution >= 4 is 5.78 Å². The summed E-state index contributed by atoms with van der Waals surface area (Å²) in [5, 5.41) is 10.3. The average Bonchev–Trinajstić information content (AvgIpc) is 2.95. The van der Waals surface area contributed by atoms with E-state index in [1.165, 1.54) is 11.1 Å². The predicted octanol–water partition coefficient (Wildman–Crippen LogP) is 3.81. The number of hydrogen-bond donors (Lipinski definition) is 1. The molecule has 5 atom stereocenters. The molecule has 1 aliphatic heterocycles. The second-order valence-corrected chi connectivity index (χ2v) is 8.58. The summed E-state index contributed by atoms with van der Waals surface area (Å²) in [7, 11) is 0. The number of ketones is 1. The van der Waals surface area contributed by atoms with E-state index in [2.05, 4.69) is 34.6 Å².